The van der Waals surface area contributed by atoms with Gasteiger partial charge in [0.1, 0.15) is 6.04 Å². The van der Waals surface area contributed by atoms with E-state index >= 15 is 0 Å². The Kier molecular flexibility index (Phi) is 6.96. The molecule has 0 radical (unpaired) electrons. The van der Waals surface area contributed by atoms with Gasteiger partial charge in [0.15, 0.2) is 0 Å². The first-order valence-electron chi connectivity index (χ1n) is 5.25. The third kappa shape index (κ3) is 4.86. The van der Waals surface area contributed by atoms with Gasteiger partial charge in [0.05, 0.1) is 0 Å². The highest BCUT2D eigenvalue weighted by Gasteiger charge is 2.24. The van der Waals surface area contributed by atoms with Crippen LogP contribution in [0.3, 0.4) is 0 Å². The molecular formula is C10H22N2O2S. The molecule has 0 saturated heterocycles. The minimum Gasteiger partial charge on any atom is -0.480 e. The lowest BCUT2D eigenvalue weighted by atomic mass is 10.0. The predicted molar refractivity (Wildman–Crippen MR) is 65.3 cm³/mol. The zero-order valence-electron chi connectivity index (χ0n) is 9.75. The Morgan fingerprint density at radius 3 is 2.40 bits per heavy atom. The minimum absolute atomic E-state index is 0.207. The maximum atomic E-state index is 10.5. The van der Waals surface area contributed by atoms with Crippen LogP contribution in [-0.4, -0.2) is 41.2 Å². The molecule has 90 valence electrons. The van der Waals surface area contributed by atoms with E-state index in [-0.39, 0.29) is 4.75 Å². The Morgan fingerprint density at radius 1 is 1.53 bits per heavy atom. The van der Waals surface area contributed by atoms with Gasteiger partial charge in [0, 0.05) is 17.8 Å². The van der Waals surface area contributed by atoms with E-state index in [1.165, 1.54) is 0 Å². The lowest BCUT2D eigenvalue weighted by Gasteiger charge is -2.30. The molecule has 1 atom stereocenters. The number of hydrogen-bond acceptors (Lipinski definition) is 4. The molecule has 0 aliphatic carbocycles. The third-order valence-corrected chi connectivity index (χ3v) is 4.44. The van der Waals surface area contributed by atoms with Crippen LogP contribution < -0.4 is 11.1 Å². The van der Waals surface area contributed by atoms with E-state index in [0.29, 0.717) is 6.54 Å². The molecule has 4 N–H and O–H groups in total. The number of rotatable bonds is 8. The number of hydrogen-bond donors (Lipinski definition) is 3. The van der Waals surface area contributed by atoms with Gasteiger partial charge in [-0.3, -0.25) is 4.79 Å². The number of thioether (sulfide) groups is 1. The zero-order valence-corrected chi connectivity index (χ0v) is 10.6. The standard InChI is InChI=1S/C10H22N2O2S/c1-4-10(5-2,15-3)7-12-6-8(11)9(13)14/h8,12H,4-7,11H2,1-3H3,(H,13,14). The summed E-state index contributed by atoms with van der Waals surface area (Å²) in [7, 11) is 0. The van der Waals surface area contributed by atoms with Gasteiger partial charge in [-0.2, -0.15) is 11.8 Å². The van der Waals surface area contributed by atoms with Gasteiger partial charge in [-0.15, -0.1) is 0 Å². The van der Waals surface area contributed by atoms with E-state index in [9.17, 15) is 4.79 Å². The second kappa shape index (κ2) is 7.09. The predicted octanol–water partition coefficient (Wildman–Crippen LogP) is 0.910. The molecule has 0 aromatic rings. The smallest absolute Gasteiger partial charge is 0.321 e. The lowest BCUT2D eigenvalue weighted by molar-refractivity contribution is -0.138. The van der Waals surface area contributed by atoms with Gasteiger partial charge in [-0.1, -0.05) is 13.8 Å². The Balaban J connectivity index is 3.96. The second-order valence-corrected chi connectivity index (χ2v) is 4.94. The number of carbonyl (C=O) groups is 1. The number of carboxylic acids is 1. The molecule has 0 saturated carbocycles. The molecule has 0 aliphatic rings. The van der Waals surface area contributed by atoms with Crippen molar-refractivity contribution in [3.63, 3.8) is 0 Å². The number of nitrogens with one attached hydrogen (secondary N) is 1. The molecule has 0 fully saturated rings. The maximum absolute atomic E-state index is 10.5. The van der Waals surface area contributed by atoms with Crippen LogP contribution in [0.1, 0.15) is 26.7 Å². The third-order valence-electron chi connectivity index (χ3n) is 2.85. The van der Waals surface area contributed by atoms with Gasteiger partial charge in [0.25, 0.3) is 0 Å². The summed E-state index contributed by atoms with van der Waals surface area (Å²) in [5.74, 6) is -0.953. The summed E-state index contributed by atoms with van der Waals surface area (Å²) in [6.07, 6.45) is 4.23. The Hall–Kier alpha value is -0.260. The first-order chi connectivity index (χ1) is 7.01. The molecule has 0 aromatic carbocycles. The van der Waals surface area contributed by atoms with Gasteiger partial charge >= 0.3 is 5.97 Å². The van der Waals surface area contributed by atoms with Gasteiger partial charge in [0.2, 0.25) is 0 Å². The molecule has 0 aromatic heterocycles. The molecule has 0 heterocycles. The van der Waals surface area contributed by atoms with Crippen molar-refractivity contribution in [1.29, 1.82) is 0 Å². The monoisotopic (exact) mass is 234 g/mol. The first kappa shape index (κ1) is 14.7. The SMILES string of the molecule is CCC(CC)(CNCC(N)C(=O)O)SC. The van der Waals surface area contributed by atoms with E-state index < -0.39 is 12.0 Å². The summed E-state index contributed by atoms with van der Waals surface area (Å²) >= 11 is 1.83. The molecular weight excluding hydrogens is 212 g/mol. The number of aliphatic carboxylic acids is 1. The molecule has 0 bridgehead atoms. The van der Waals surface area contributed by atoms with Crippen LogP contribution in [-0.2, 0) is 4.79 Å². The molecule has 15 heavy (non-hydrogen) atoms. The lowest BCUT2D eigenvalue weighted by Crippen LogP contribution is -2.45. The highest BCUT2D eigenvalue weighted by Crippen LogP contribution is 2.29. The molecule has 1 unspecified atom stereocenters. The van der Waals surface area contributed by atoms with Crippen LogP contribution in [0.25, 0.3) is 0 Å². The van der Waals surface area contributed by atoms with Gasteiger partial charge in [-0.05, 0) is 19.1 Å². The summed E-state index contributed by atoms with van der Waals surface area (Å²) < 4.78 is 0.207. The van der Waals surface area contributed by atoms with Crippen molar-refractivity contribution in [3.8, 4) is 0 Å². The van der Waals surface area contributed by atoms with Crippen molar-refractivity contribution >= 4 is 17.7 Å². The average molecular weight is 234 g/mol. The Morgan fingerprint density at radius 2 is 2.07 bits per heavy atom. The highest BCUT2D eigenvalue weighted by atomic mass is 32.2. The topological polar surface area (TPSA) is 75.3 Å². The second-order valence-electron chi connectivity index (χ2n) is 3.67. The quantitative estimate of drug-likeness (QED) is 0.582. The number of carboxylic acid groups (broad SMARTS) is 1. The van der Waals surface area contributed by atoms with Gasteiger partial charge < -0.3 is 16.2 Å². The summed E-state index contributed by atoms with van der Waals surface area (Å²) in [5, 5.41) is 11.7. The van der Waals surface area contributed by atoms with Crippen molar-refractivity contribution in [2.45, 2.75) is 37.5 Å². The van der Waals surface area contributed by atoms with Crippen LogP contribution in [0.15, 0.2) is 0 Å². The van der Waals surface area contributed by atoms with Crippen LogP contribution >= 0.6 is 11.8 Å². The van der Waals surface area contributed by atoms with E-state index in [4.69, 9.17) is 10.8 Å². The van der Waals surface area contributed by atoms with Gasteiger partial charge in [-0.25, -0.2) is 0 Å². The van der Waals surface area contributed by atoms with Crippen molar-refractivity contribution < 1.29 is 9.90 Å². The van der Waals surface area contributed by atoms with E-state index in [1.54, 1.807) is 0 Å². The maximum Gasteiger partial charge on any atom is 0.321 e. The molecule has 0 spiro atoms. The Bertz CT molecular complexity index is 188. The van der Waals surface area contributed by atoms with E-state index in [1.807, 2.05) is 11.8 Å². The van der Waals surface area contributed by atoms with Crippen LogP contribution in [0, 0.1) is 0 Å². The van der Waals surface area contributed by atoms with Crippen molar-refractivity contribution in [2.24, 2.45) is 5.73 Å². The zero-order chi connectivity index (χ0) is 11.9. The van der Waals surface area contributed by atoms with Crippen LogP contribution in [0.4, 0.5) is 0 Å². The summed E-state index contributed by atoms with van der Waals surface area (Å²) in [6.45, 7) is 5.44. The fourth-order valence-electron chi connectivity index (χ4n) is 1.40. The van der Waals surface area contributed by atoms with E-state index in [2.05, 4.69) is 25.4 Å². The summed E-state index contributed by atoms with van der Waals surface area (Å²) in [5.41, 5.74) is 5.40. The van der Waals surface area contributed by atoms with Crippen molar-refractivity contribution in [3.05, 3.63) is 0 Å². The van der Waals surface area contributed by atoms with Crippen molar-refractivity contribution in [2.75, 3.05) is 19.3 Å². The normalized spacial score (nSPS) is 13.9. The molecule has 5 heteroatoms. The highest BCUT2D eigenvalue weighted by molar-refractivity contribution is 8.00. The molecule has 0 amide bonds. The fourth-order valence-corrected chi connectivity index (χ4v) is 2.23. The fraction of sp³-hybridized carbons (Fsp3) is 0.900. The molecule has 0 rings (SSSR count). The van der Waals surface area contributed by atoms with Crippen LogP contribution in [0.5, 0.6) is 0 Å². The summed E-state index contributed by atoms with van der Waals surface area (Å²) in [4.78, 5) is 10.5. The largest absolute Gasteiger partial charge is 0.480 e. The summed E-state index contributed by atoms with van der Waals surface area (Å²) in [6, 6.07) is -0.807. The van der Waals surface area contributed by atoms with Crippen molar-refractivity contribution in [1.82, 2.24) is 5.32 Å². The van der Waals surface area contributed by atoms with E-state index in [0.717, 1.165) is 19.4 Å². The Labute approximate surface area is 96.0 Å². The first-order valence-corrected chi connectivity index (χ1v) is 6.48. The average Bonchev–Trinajstić information content (AvgIpc) is 2.24. The molecule has 0 aliphatic heterocycles. The number of nitrogens with two attached hydrogens (primary N) is 1. The molecule has 4 nitrogen and oxygen atoms in total. The minimum atomic E-state index is -0.953. The van der Waals surface area contributed by atoms with Crippen LogP contribution in [0.2, 0.25) is 0 Å².